The Balaban J connectivity index is 1.46. The Morgan fingerprint density at radius 2 is 1.88 bits per heavy atom. The third-order valence-electron chi connectivity index (χ3n) is 4.61. The number of rotatable bonds is 7. The molecular weight excluding hydrogens is 491 g/mol. The van der Waals surface area contributed by atoms with Gasteiger partial charge in [-0.1, -0.05) is 35.3 Å². The van der Waals surface area contributed by atoms with Gasteiger partial charge in [-0.15, -0.1) is 0 Å². The number of ether oxygens (including phenoxy) is 1. The fourth-order valence-electron chi connectivity index (χ4n) is 3.02. The maximum atomic E-state index is 12.7. The van der Waals surface area contributed by atoms with E-state index in [0.29, 0.717) is 27.9 Å². The highest BCUT2D eigenvalue weighted by atomic mass is 35.5. The van der Waals surface area contributed by atoms with Crippen molar-refractivity contribution in [1.82, 2.24) is 4.90 Å². The number of carbonyl (C=O) groups is 2. The molecule has 2 amide bonds. The summed E-state index contributed by atoms with van der Waals surface area (Å²) < 4.78 is 11.3. The average Bonchev–Trinajstić information content (AvgIpc) is 3.35. The van der Waals surface area contributed by atoms with Crippen LogP contribution >= 0.6 is 35.0 Å². The number of nitrogens with zero attached hydrogens (tertiary/aromatic N) is 2. The van der Waals surface area contributed by atoms with E-state index in [2.05, 4.69) is 0 Å². The van der Waals surface area contributed by atoms with Crippen molar-refractivity contribution in [1.29, 1.82) is 0 Å². The van der Waals surface area contributed by atoms with Gasteiger partial charge in [-0.05, 0) is 42.1 Å². The van der Waals surface area contributed by atoms with Gasteiger partial charge < -0.3 is 9.15 Å². The van der Waals surface area contributed by atoms with Gasteiger partial charge in [0, 0.05) is 23.8 Å². The van der Waals surface area contributed by atoms with Crippen LogP contribution in [0.25, 0.3) is 17.4 Å². The van der Waals surface area contributed by atoms with Crippen molar-refractivity contribution in [2.75, 3.05) is 13.2 Å². The first-order valence-corrected chi connectivity index (χ1v) is 11.1. The van der Waals surface area contributed by atoms with E-state index in [0.717, 1.165) is 16.7 Å². The van der Waals surface area contributed by atoms with E-state index < -0.39 is 16.1 Å². The van der Waals surface area contributed by atoms with Crippen LogP contribution in [0.1, 0.15) is 5.76 Å². The number of nitro groups is 1. The first-order chi connectivity index (χ1) is 15.8. The van der Waals surface area contributed by atoms with Crippen LogP contribution in [-0.4, -0.2) is 34.1 Å². The number of amides is 2. The molecule has 0 saturated carbocycles. The predicted octanol–water partition coefficient (Wildman–Crippen LogP) is 6.28. The summed E-state index contributed by atoms with van der Waals surface area (Å²) in [6.07, 6.45) is 1.44. The standard InChI is InChI=1S/C22H14Cl2N2O6S/c23-16-7-5-13(26(29)30)11-15(16)18-8-6-14(32-18)12-20-21(27)25(22(28)33-20)9-10-31-19-4-2-1-3-17(19)24/h1-8,11-12H,9-10H2/b20-12-. The molecule has 11 heteroatoms. The van der Waals surface area contributed by atoms with Crippen molar-refractivity contribution in [3.05, 3.63) is 85.4 Å². The molecule has 3 aromatic rings. The normalized spacial score (nSPS) is 14.8. The molecule has 0 radical (unpaired) electrons. The fourth-order valence-corrected chi connectivity index (χ4v) is 4.27. The summed E-state index contributed by atoms with van der Waals surface area (Å²) in [5, 5.41) is 11.3. The number of thioether (sulfide) groups is 1. The number of nitro benzene ring substituents is 1. The lowest BCUT2D eigenvalue weighted by molar-refractivity contribution is -0.384. The summed E-state index contributed by atoms with van der Waals surface area (Å²) in [5.74, 6) is 0.580. The quantitative estimate of drug-likeness (QED) is 0.212. The summed E-state index contributed by atoms with van der Waals surface area (Å²) in [5.41, 5.74) is 0.211. The van der Waals surface area contributed by atoms with Crippen LogP contribution in [0.2, 0.25) is 10.0 Å². The van der Waals surface area contributed by atoms with Gasteiger partial charge in [0.25, 0.3) is 16.8 Å². The van der Waals surface area contributed by atoms with Crippen LogP contribution in [-0.2, 0) is 4.79 Å². The molecule has 1 aliphatic heterocycles. The van der Waals surface area contributed by atoms with Crippen molar-refractivity contribution >= 4 is 57.9 Å². The zero-order chi connectivity index (χ0) is 23.5. The molecule has 0 bridgehead atoms. The molecule has 4 rings (SSSR count). The molecule has 0 atom stereocenters. The number of imide groups is 1. The summed E-state index contributed by atoms with van der Waals surface area (Å²) in [6, 6.07) is 14.1. The summed E-state index contributed by atoms with van der Waals surface area (Å²) in [6.45, 7) is 0.144. The van der Waals surface area contributed by atoms with Gasteiger partial charge in [0.1, 0.15) is 23.9 Å². The van der Waals surface area contributed by atoms with Gasteiger partial charge in [0.05, 0.1) is 26.4 Å². The zero-order valence-corrected chi connectivity index (χ0v) is 19.0. The molecule has 2 aromatic carbocycles. The van der Waals surface area contributed by atoms with Crippen LogP contribution in [0.5, 0.6) is 5.75 Å². The number of furan rings is 1. The van der Waals surface area contributed by atoms with E-state index >= 15 is 0 Å². The predicted molar refractivity (Wildman–Crippen MR) is 125 cm³/mol. The van der Waals surface area contributed by atoms with Gasteiger partial charge in [-0.2, -0.15) is 0 Å². The number of hydrogen-bond acceptors (Lipinski definition) is 7. The molecule has 1 saturated heterocycles. The number of carbonyl (C=O) groups excluding carboxylic acids is 2. The fraction of sp³-hybridized carbons (Fsp3) is 0.0909. The zero-order valence-electron chi connectivity index (χ0n) is 16.7. The summed E-state index contributed by atoms with van der Waals surface area (Å²) in [4.78, 5) is 36.7. The van der Waals surface area contributed by atoms with Gasteiger partial charge in [0.15, 0.2) is 0 Å². The second-order valence-corrected chi connectivity index (χ2v) is 8.54. The molecule has 1 fully saturated rings. The first-order valence-electron chi connectivity index (χ1n) is 9.50. The Morgan fingerprint density at radius 3 is 2.64 bits per heavy atom. The molecule has 168 valence electrons. The molecule has 8 nitrogen and oxygen atoms in total. The Labute approximate surface area is 201 Å². The van der Waals surface area contributed by atoms with Crippen LogP contribution in [0, 0.1) is 10.1 Å². The molecule has 0 unspecified atom stereocenters. The Hall–Kier alpha value is -3.27. The van der Waals surface area contributed by atoms with Crippen LogP contribution in [0.15, 0.2) is 63.9 Å². The lowest BCUT2D eigenvalue weighted by Crippen LogP contribution is -2.32. The van der Waals surface area contributed by atoms with Crippen LogP contribution in [0.4, 0.5) is 10.5 Å². The number of benzene rings is 2. The first kappa shape index (κ1) is 22.9. The highest BCUT2D eigenvalue weighted by Gasteiger charge is 2.35. The van der Waals surface area contributed by atoms with Crippen molar-refractivity contribution in [2.24, 2.45) is 0 Å². The number of halogens is 2. The summed E-state index contributed by atoms with van der Waals surface area (Å²) >= 11 is 13.0. The minimum Gasteiger partial charge on any atom is -0.490 e. The Morgan fingerprint density at radius 1 is 1.09 bits per heavy atom. The van der Waals surface area contributed by atoms with E-state index in [1.807, 2.05) is 0 Å². The van der Waals surface area contributed by atoms with Crippen molar-refractivity contribution in [3.8, 4) is 17.1 Å². The second kappa shape index (κ2) is 9.70. The number of non-ortho nitro benzene ring substituents is 1. The Kier molecular flexibility index (Phi) is 6.73. The minimum absolute atomic E-state index is 0.0555. The molecule has 1 aliphatic rings. The SMILES string of the molecule is O=C1S/C(=C\c2ccc(-c3cc([N+](=O)[O-])ccc3Cl)o2)C(=O)N1CCOc1ccccc1Cl. The molecule has 2 heterocycles. The third kappa shape index (κ3) is 5.05. The van der Waals surface area contributed by atoms with E-state index in [-0.39, 0.29) is 28.8 Å². The molecule has 0 aliphatic carbocycles. The highest BCUT2D eigenvalue weighted by molar-refractivity contribution is 8.18. The lowest BCUT2D eigenvalue weighted by Gasteiger charge is -2.13. The lowest BCUT2D eigenvalue weighted by atomic mass is 10.1. The summed E-state index contributed by atoms with van der Waals surface area (Å²) in [7, 11) is 0. The Bertz CT molecular complexity index is 1290. The van der Waals surface area contributed by atoms with Crippen molar-refractivity contribution in [3.63, 3.8) is 0 Å². The molecule has 0 spiro atoms. The van der Waals surface area contributed by atoms with Crippen molar-refractivity contribution < 1.29 is 23.7 Å². The largest absolute Gasteiger partial charge is 0.490 e. The van der Waals surface area contributed by atoms with E-state index in [9.17, 15) is 19.7 Å². The van der Waals surface area contributed by atoms with E-state index in [4.69, 9.17) is 32.4 Å². The van der Waals surface area contributed by atoms with Gasteiger partial charge in [-0.25, -0.2) is 0 Å². The van der Waals surface area contributed by atoms with Crippen LogP contribution < -0.4 is 4.74 Å². The molecule has 33 heavy (non-hydrogen) atoms. The molecule has 1 aromatic heterocycles. The van der Waals surface area contributed by atoms with Crippen molar-refractivity contribution in [2.45, 2.75) is 0 Å². The smallest absolute Gasteiger partial charge is 0.293 e. The van der Waals surface area contributed by atoms with Gasteiger partial charge >= 0.3 is 0 Å². The monoisotopic (exact) mass is 504 g/mol. The topological polar surface area (TPSA) is 103 Å². The highest BCUT2D eigenvalue weighted by Crippen LogP contribution is 2.35. The van der Waals surface area contributed by atoms with E-state index in [1.165, 1.54) is 24.3 Å². The van der Waals surface area contributed by atoms with Gasteiger partial charge in [-0.3, -0.25) is 24.6 Å². The van der Waals surface area contributed by atoms with Gasteiger partial charge in [0.2, 0.25) is 0 Å². The average molecular weight is 505 g/mol. The molecule has 0 N–H and O–H groups in total. The van der Waals surface area contributed by atoms with Crippen LogP contribution in [0.3, 0.4) is 0 Å². The minimum atomic E-state index is -0.533. The third-order valence-corrected chi connectivity index (χ3v) is 6.16. The van der Waals surface area contributed by atoms with E-state index in [1.54, 1.807) is 36.4 Å². The number of para-hydroxylation sites is 1. The maximum Gasteiger partial charge on any atom is 0.293 e. The maximum absolute atomic E-state index is 12.7. The number of hydrogen-bond donors (Lipinski definition) is 0. The molecular formula is C22H14Cl2N2O6S. The second-order valence-electron chi connectivity index (χ2n) is 6.74.